The van der Waals surface area contributed by atoms with Crippen LogP contribution in [-0.2, 0) is 14.4 Å². The van der Waals surface area contributed by atoms with Gasteiger partial charge in [-0.2, -0.15) is 0 Å². The summed E-state index contributed by atoms with van der Waals surface area (Å²) >= 11 is 0. The molecule has 1 saturated carbocycles. The van der Waals surface area contributed by atoms with E-state index in [4.69, 9.17) is 4.74 Å². The summed E-state index contributed by atoms with van der Waals surface area (Å²) in [5, 5.41) is 0. The Morgan fingerprint density at radius 1 is 0.926 bits per heavy atom. The first-order valence-electron chi connectivity index (χ1n) is 9.59. The quantitative estimate of drug-likeness (QED) is 0.796. The lowest BCUT2D eigenvalue weighted by Crippen LogP contribution is -2.52. The summed E-state index contributed by atoms with van der Waals surface area (Å²) in [6.45, 7) is 2.73. The van der Waals surface area contributed by atoms with E-state index in [0.717, 1.165) is 24.3 Å². The molecular formula is C20H25N3O4. The molecule has 144 valence electrons. The third-order valence-electron chi connectivity index (χ3n) is 5.69. The molecule has 0 bridgehead atoms. The van der Waals surface area contributed by atoms with Gasteiger partial charge in [0, 0.05) is 50.7 Å². The number of hydrogen-bond donors (Lipinski definition) is 0. The first-order chi connectivity index (χ1) is 13.1. The topological polar surface area (TPSA) is 70.2 Å². The van der Waals surface area contributed by atoms with Crippen LogP contribution in [0.1, 0.15) is 19.3 Å². The Bertz CT molecular complexity index is 736. The number of hydrogen-bond acceptors (Lipinski definition) is 4. The molecule has 0 spiro atoms. The zero-order valence-corrected chi connectivity index (χ0v) is 15.6. The number of nitrogens with zero attached hydrogens (tertiary/aromatic N) is 3. The third-order valence-corrected chi connectivity index (χ3v) is 5.69. The highest BCUT2D eigenvalue weighted by molar-refractivity contribution is 6.00. The van der Waals surface area contributed by atoms with Crippen LogP contribution < -0.4 is 9.64 Å². The van der Waals surface area contributed by atoms with Crippen molar-refractivity contribution in [1.82, 2.24) is 9.80 Å². The molecule has 0 radical (unpaired) electrons. The average Bonchev–Trinajstić information content (AvgIpc) is 3.49. The molecule has 1 aromatic rings. The molecule has 0 N–H and O–H groups in total. The fourth-order valence-electron chi connectivity index (χ4n) is 3.88. The molecule has 4 rings (SSSR count). The zero-order valence-electron chi connectivity index (χ0n) is 15.6. The monoisotopic (exact) mass is 371 g/mol. The minimum absolute atomic E-state index is 0.0258. The molecule has 1 unspecified atom stereocenters. The number of methoxy groups -OCH3 is 1. The van der Waals surface area contributed by atoms with Crippen LogP contribution in [-0.4, -0.2) is 67.4 Å². The molecule has 27 heavy (non-hydrogen) atoms. The van der Waals surface area contributed by atoms with Crippen molar-refractivity contribution < 1.29 is 19.1 Å². The van der Waals surface area contributed by atoms with Crippen molar-refractivity contribution in [2.24, 2.45) is 11.8 Å². The summed E-state index contributed by atoms with van der Waals surface area (Å²) in [7, 11) is 1.60. The van der Waals surface area contributed by atoms with Crippen LogP contribution >= 0.6 is 0 Å². The molecule has 7 heteroatoms. The van der Waals surface area contributed by atoms with Crippen molar-refractivity contribution >= 4 is 23.4 Å². The van der Waals surface area contributed by atoms with Crippen molar-refractivity contribution in [3.05, 3.63) is 24.3 Å². The van der Waals surface area contributed by atoms with Gasteiger partial charge in [-0.15, -0.1) is 0 Å². The number of piperazine rings is 1. The summed E-state index contributed by atoms with van der Waals surface area (Å²) in [6, 6.07) is 7.30. The Morgan fingerprint density at radius 3 is 2.00 bits per heavy atom. The van der Waals surface area contributed by atoms with Crippen LogP contribution in [0.4, 0.5) is 5.69 Å². The van der Waals surface area contributed by atoms with Crippen molar-refractivity contribution in [2.45, 2.75) is 19.3 Å². The highest BCUT2D eigenvalue weighted by atomic mass is 16.5. The van der Waals surface area contributed by atoms with Gasteiger partial charge in [0.1, 0.15) is 5.75 Å². The second-order valence-corrected chi connectivity index (χ2v) is 7.53. The van der Waals surface area contributed by atoms with Gasteiger partial charge in [-0.25, -0.2) is 0 Å². The molecule has 3 fully saturated rings. The molecule has 1 aromatic carbocycles. The molecule has 3 amide bonds. The lowest BCUT2D eigenvalue weighted by Gasteiger charge is -2.36. The number of carbonyl (C=O) groups is 3. The third kappa shape index (κ3) is 3.63. The Hall–Kier alpha value is -2.57. The molecule has 1 aliphatic carbocycles. The SMILES string of the molecule is COc1ccc(N2CC(C(=O)N3CCN(C(=O)C4CC4)CC3)CC2=O)cc1. The van der Waals surface area contributed by atoms with Crippen LogP contribution in [0.25, 0.3) is 0 Å². The van der Waals surface area contributed by atoms with Crippen LogP contribution in [0, 0.1) is 11.8 Å². The molecule has 2 aliphatic heterocycles. The molecule has 1 atom stereocenters. The van der Waals surface area contributed by atoms with Gasteiger partial charge in [-0.3, -0.25) is 14.4 Å². The second-order valence-electron chi connectivity index (χ2n) is 7.53. The van der Waals surface area contributed by atoms with Gasteiger partial charge in [0.25, 0.3) is 0 Å². The molecule has 2 heterocycles. The van der Waals surface area contributed by atoms with E-state index < -0.39 is 0 Å². The number of benzene rings is 1. The maximum atomic E-state index is 12.9. The highest BCUT2D eigenvalue weighted by Crippen LogP contribution is 2.32. The number of anilines is 1. The molecule has 7 nitrogen and oxygen atoms in total. The first-order valence-corrected chi connectivity index (χ1v) is 9.59. The predicted molar refractivity (Wildman–Crippen MR) is 99.3 cm³/mol. The van der Waals surface area contributed by atoms with E-state index in [2.05, 4.69) is 0 Å². The average molecular weight is 371 g/mol. The van der Waals surface area contributed by atoms with E-state index in [-0.39, 0.29) is 36.0 Å². The standard InChI is InChI=1S/C20H25N3O4/c1-27-17-6-4-16(5-7-17)23-13-15(12-18(23)24)20(26)22-10-8-21(9-11-22)19(25)14-2-3-14/h4-7,14-15H,2-3,8-13H2,1H3. The largest absolute Gasteiger partial charge is 0.497 e. The van der Waals surface area contributed by atoms with Gasteiger partial charge in [0.2, 0.25) is 17.7 Å². The smallest absolute Gasteiger partial charge is 0.228 e. The number of carbonyl (C=O) groups excluding carboxylic acids is 3. The van der Waals surface area contributed by atoms with Gasteiger partial charge in [0.05, 0.1) is 13.0 Å². The molecule has 0 aromatic heterocycles. The fourth-order valence-corrected chi connectivity index (χ4v) is 3.88. The van der Waals surface area contributed by atoms with E-state index >= 15 is 0 Å². The zero-order chi connectivity index (χ0) is 19.0. The van der Waals surface area contributed by atoms with E-state index in [9.17, 15) is 14.4 Å². The second kappa shape index (κ2) is 7.21. The van der Waals surface area contributed by atoms with Crippen molar-refractivity contribution in [1.29, 1.82) is 0 Å². The lowest BCUT2D eigenvalue weighted by atomic mass is 10.1. The van der Waals surface area contributed by atoms with Crippen molar-refractivity contribution in [2.75, 3.05) is 44.7 Å². The fraction of sp³-hybridized carbons (Fsp3) is 0.550. The Morgan fingerprint density at radius 2 is 1.48 bits per heavy atom. The number of ether oxygens (including phenoxy) is 1. The Labute approximate surface area is 158 Å². The van der Waals surface area contributed by atoms with Crippen LogP contribution in [0.15, 0.2) is 24.3 Å². The normalized spacial score (nSPS) is 22.9. The van der Waals surface area contributed by atoms with Gasteiger partial charge in [-0.05, 0) is 37.1 Å². The predicted octanol–water partition coefficient (Wildman–Crippen LogP) is 1.13. The Balaban J connectivity index is 1.34. The lowest BCUT2D eigenvalue weighted by molar-refractivity contribution is -0.142. The van der Waals surface area contributed by atoms with Gasteiger partial charge < -0.3 is 19.4 Å². The molecule has 2 saturated heterocycles. The summed E-state index contributed by atoms with van der Waals surface area (Å²) in [6.07, 6.45) is 2.25. The van der Waals surface area contributed by atoms with Gasteiger partial charge in [-0.1, -0.05) is 0 Å². The summed E-state index contributed by atoms with van der Waals surface area (Å²) in [4.78, 5) is 42.8. The minimum Gasteiger partial charge on any atom is -0.497 e. The van der Waals surface area contributed by atoms with Crippen molar-refractivity contribution in [3.8, 4) is 5.75 Å². The van der Waals surface area contributed by atoms with Crippen LogP contribution in [0.3, 0.4) is 0 Å². The van der Waals surface area contributed by atoms with E-state index in [1.807, 2.05) is 34.1 Å². The number of rotatable bonds is 4. The van der Waals surface area contributed by atoms with Crippen LogP contribution in [0.2, 0.25) is 0 Å². The summed E-state index contributed by atoms with van der Waals surface area (Å²) in [5.74, 6) is 0.877. The van der Waals surface area contributed by atoms with E-state index in [1.165, 1.54) is 0 Å². The maximum absolute atomic E-state index is 12.9. The number of amides is 3. The van der Waals surface area contributed by atoms with Crippen LogP contribution in [0.5, 0.6) is 5.75 Å². The summed E-state index contributed by atoms with van der Waals surface area (Å²) < 4.78 is 5.15. The summed E-state index contributed by atoms with van der Waals surface area (Å²) in [5.41, 5.74) is 0.788. The van der Waals surface area contributed by atoms with Crippen molar-refractivity contribution in [3.63, 3.8) is 0 Å². The maximum Gasteiger partial charge on any atom is 0.228 e. The first kappa shape index (κ1) is 17.8. The van der Waals surface area contributed by atoms with Gasteiger partial charge >= 0.3 is 0 Å². The highest BCUT2D eigenvalue weighted by Gasteiger charge is 2.39. The molecule has 3 aliphatic rings. The van der Waals surface area contributed by atoms with E-state index in [1.54, 1.807) is 12.0 Å². The van der Waals surface area contributed by atoms with Gasteiger partial charge in [0.15, 0.2) is 0 Å². The minimum atomic E-state index is -0.315. The Kier molecular flexibility index (Phi) is 4.76. The van der Waals surface area contributed by atoms with E-state index in [0.29, 0.717) is 32.7 Å². The molecular weight excluding hydrogens is 346 g/mol.